The molecular weight excluding hydrogens is 251 g/mol. The van der Waals surface area contributed by atoms with E-state index in [2.05, 4.69) is 30.4 Å². The number of halogens is 3. The Balaban J connectivity index is 2.16. The lowest BCUT2D eigenvalue weighted by atomic mass is 10.0. The van der Waals surface area contributed by atoms with Gasteiger partial charge in [-0.2, -0.15) is 13.2 Å². The van der Waals surface area contributed by atoms with Gasteiger partial charge in [0.15, 0.2) is 0 Å². The van der Waals surface area contributed by atoms with Crippen molar-refractivity contribution in [1.82, 2.24) is 5.32 Å². The van der Waals surface area contributed by atoms with E-state index in [1.54, 1.807) is 0 Å². The molecule has 0 aliphatic heterocycles. The molecule has 0 saturated heterocycles. The lowest BCUT2D eigenvalue weighted by Crippen LogP contribution is -2.28. The van der Waals surface area contributed by atoms with E-state index in [-0.39, 0.29) is 12.5 Å². The molecule has 0 amide bonds. The fourth-order valence-electron chi connectivity index (χ4n) is 1.99. The Morgan fingerprint density at radius 3 is 2.63 bits per heavy atom. The maximum Gasteiger partial charge on any atom is 0.389 e. The van der Waals surface area contributed by atoms with E-state index < -0.39 is 12.6 Å². The molecule has 108 valence electrons. The monoisotopic (exact) mass is 273 g/mol. The van der Waals surface area contributed by atoms with Gasteiger partial charge in [-0.25, -0.2) is 0 Å². The summed E-state index contributed by atoms with van der Waals surface area (Å²) in [5, 5.41) is 3.14. The molecule has 1 N–H and O–H groups in total. The third-order valence-corrected chi connectivity index (χ3v) is 3.08. The van der Waals surface area contributed by atoms with Gasteiger partial charge in [0.05, 0.1) is 0 Å². The van der Waals surface area contributed by atoms with Crippen LogP contribution in [-0.4, -0.2) is 18.8 Å². The first-order valence-corrected chi connectivity index (χ1v) is 6.72. The third kappa shape index (κ3) is 7.88. The number of rotatable bonds is 7. The third-order valence-electron chi connectivity index (χ3n) is 3.08. The number of benzene rings is 1. The fourth-order valence-corrected chi connectivity index (χ4v) is 1.99. The van der Waals surface area contributed by atoms with E-state index in [1.807, 2.05) is 13.0 Å². The summed E-state index contributed by atoms with van der Waals surface area (Å²) in [4.78, 5) is 0. The molecular formula is C15H22F3N. The van der Waals surface area contributed by atoms with Crippen molar-refractivity contribution in [2.24, 2.45) is 0 Å². The van der Waals surface area contributed by atoms with E-state index in [9.17, 15) is 13.2 Å². The molecule has 0 bridgehead atoms. The summed E-state index contributed by atoms with van der Waals surface area (Å²) in [6.45, 7) is 4.50. The van der Waals surface area contributed by atoms with Crippen LogP contribution in [0.1, 0.15) is 37.3 Å². The molecule has 0 fully saturated rings. The van der Waals surface area contributed by atoms with E-state index in [0.717, 1.165) is 12.8 Å². The van der Waals surface area contributed by atoms with Gasteiger partial charge in [0.1, 0.15) is 0 Å². The van der Waals surface area contributed by atoms with Crippen molar-refractivity contribution < 1.29 is 13.2 Å². The normalized spacial score (nSPS) is 13.5. The molecule has 0 radical (unpaired) electrons. The predicted octanol–water partition coefficient (Wildman–Crippen LogP) is 4.25. The van der Waals surface area contributed by atoms with Crippen LogP contribution in [0.25, 0.3) is 0 Å². The highest BCUT2D eigenvalue weighted by Crippen LogP contribution is 2.20. The van der Waals surface area contributed by atoms with Crippen LogP contribution in [0.5, 0.6) is 0 Å². The molecule has 0 aliphatic rings. The van der Waals surface area contributed by atoms with Crippen LogP contribution in [0.4, 0.5) is 13.2 Å². The summed E-state index contributed by atoms with van der Waals surface area (Å²) in [7, 11) is 0. The topological polar surface area (TPSA) is 12.0 Å². The van der Waals surface area contributed by atoms with Crippen molar-refractivity contribution in [2.75, 3.05) is 6.54 Å². The first kappa shape index (κ1) is 16.0. The molecule has 0 aromatic heterocycles. The highest BCUT2D eigenvalue weighted by atomic mass is 19.4. The van der Waals surface area contributed by atoms with Gasteiger partial charge < -0.3 is 5.32 Å². The molecule has 1 aromatic carbocycles. The van der Waals surface area contributed by atoms with E-state index in [4.69, 9.17) is 0 Å². The van der Waals surface area contributed by atoms with E-state index in [0.29, 0.717) is 6.54 Å². The molecule has 1 atom stereocenters. The molecule has 1 nitrogen and oxygen atoms in total. The number of alkyl halides is 3. The second-order valence-corrected chi connectivity index (χ2v) is 5.10. The molecule has 0 aliphatic carbocycles. The number of nitrogens with one attached hydrogen (secondary N) is 1. The number of aryl methyl sites for hydroxylation is 2. The summed E-state index contributed by atoms with van der Waals surface area (Å²) in [6, 6.07) is 8.57. The Kier molecular flexibility index (Phi) is 6.35. The quantitative estimate of drug-likeness (QED) is 0.732. The molecule has 0 spiro atoms. The van der Waals surface area contributed by atoms with Gasteiger partial charge in [0, 0.05) is 12.5 Å². The average molecular weight is 273 g/mol. The number of hydrogen-bond acceptors (Lipinski definition) is 1. The fraction of sp³-hybridized carbons (Fsp3) is 0.600. The highest BCUT2D eigenvalue weighted by Gasteiger charge is 2.25. The minimum atomic E-state index is -4.04. The van der Waals surface area contributed by atoms with E-state index in [1.165, 1.54) is 11.1 Å². The van der Waals surface area contributed by atoms with Gasteiger partial charge in [-0.1, -0.05) is 29.8 Å². The summed E-state index contributed by atoms with van der Waals surface area (Å²) in [5.41, 5.74) is 2.52. The summed E-state index contributed by atoms with van der Waals surface area (Å²) in [5.74, 6) is 0. The van der Waals surface area contributed by atoms with Crippen LogP contribution in [0, 0.1) is 6.92 Å². The van der Waals surface area contributed by atoms with Crippen LogP contribution in [0.3, 0.4) is 0 Å². The Labute approximate surface area is 113 Å². The van der Waals surface area contributed by atoms with Crippen molar-refractivity contribution in [1.29, 1.82) is 0 Å². The summed E-state index contributed by atoms with van der Waals surface area (Å²) in [6.07, 6.45) is -2.69. The van der Waals surface area contributed by atoms with Crippen LogP contribution >= 0.6 is 0 Å². The van der Waals surface area contributed by atoms with Gasteiger partial charge in [0.2, 0.25) is 0 Å². The van der Waals surface area contributed by atoms with Gasteiger partial charge in [-0.05, 0) is 45.2 Å². The zero-order chi connectivity index (χ0) is 14.3. The molecule has 0 saturated carbocycles. The zero-order valence-electron chi connectivity index (χ0n) is 11.6. The van der Waals surface area contributed by atoms with Gasteiger partial charge >= 0.3 is 6.18 Å². The first-order chi connectivity index (χ1) is 8.87. The highest BCUT2D eigenvalue weighted by molar-refractivity contribution is 5.22. The Bertz CT molecular complexity index is 374. The largest absolute Gasteiger partial charge is 0.389 e. The number of hydrogen-bond donors (Lipinski definition) is 1. The van der Waals surface area contributed by atoms with Crippen LogP contribution < -0.4 is 5.32 Å². The van der Waals surface area contributed by atoms with E-state index >= 15 is 0 Å². The van der Waals surface area contributed by atoms with Crippen LogP contribution in [-0.2, 0) is 6.42 Å². The molecule has 1 unspecified atom stereocenters. The molecule has 1 aromatic rings. The second-order valence-electron chi connectivity index (χ2n) is 5.10. The SMILES string of the molecule is Cc1cccc(CCC(C)NCCCC(F)(F)F)c1. The molecule has 19 heavy (non-hydrogen) atoms. The standard InChI is InChI=1S/C15H22F3N/c1-12-5-3-6-14(11-12)8-7-13(2)19-10-4-9-15(16,17)18/h3,5-6,11,13,19H,4,7-10H2,1-2H3. The van der Waals surface area contributed by atoms with Crippen molar-refractivity contribution in [3.05, 3.63) is 35.4 Å². The van der Waals surface area contributed by atoms with Crippen molar-refractivity contribution in [3.63, 3.8) is 0 Å². The predicted molar refractivity (Wildman–Crippen MR) is 72.3 cm³/mol. The average Bonchev–Trinajstić information content (AvgIpc) is 2.31. The van der Waals surface area contributed by atoms with Gasteiger partial charge in [-0.15, -0.1) is 0 Å². The lowest BCUT2D eigenvalue weighted by molar-refractivity contribution is -0.135. The molecule has 1 rings (SSSR count). The van der Waals surface area contributed by atoms with Crippen molar-refractivity contribution in [2.45, 2.75) is 51.7 Å². The summed E-state index contributed by atoms with van der Waals surface area (Å²) >= 11 is 0. The maximum atomic E-state index is 12.0. The Hall–Kier alpha value is -1.03. The molecule has 0 heterocycles. The Morgan fingerprint density at radius 1 is 1.26 bits per heavy atom. The van der Waals surface area contributed by atoms with Crippen LogP contribution in [0.15, 0.2) is 24.3 Å². The van der Waals surface area contributed by atoms with Gasteiger partial charge in [-0.3, -0.25) is 0 Å². The lowest BCUT2D eigenvalue weighted by Gasteiger charge is -2.14. The first-order valence-electron chi connectivity index (χ1n) is 6.72. The maximum absolute atomic E-state index is 12.0. The smallest absolute Gasteiger partial charge is 0.314 e. The molecule has 4 heteroatoms. The minimum absolute atomic E-state index is 0.151. The van der Waals surface area contributed by atoms with Crippen molar-refractivity contribution in [3.8, 4) is 0 Å². The van der Waals surface area contributed by atoms with Gasteiger partial charge in [0.25, 0.3) is 0 Å². The zero-order valence-corrected chi connectivity index (χ0v) is 11.6. The van der Waals surface area contributed by atoms with Crippen molar-refractivity contribution >= 4 is 0 Å². The van der Waals surface area contributed by atoms with Crippen LogP contribution in [0.2, 0.25) is 0 Å². The minimum Gasteiger partial charge on any atom is -0.314 e. The summed E-state index contributed by atoms with van der Waals surface area (Å²) < 4.78 is 35.9. The Morgan fingerprint density at radius 2 is 2.00 bits per heavy atom. The second kappa shape index (κ2) is 7.53.